The zero-order valence-electron chi connectivity index (χ0n) is 22.0. The van der Waals surface area contributed by atoms with Crippen LogP contribution in [0.25, 0.3) is 0 Å². The van der Waals surface area contributed by atoms with Gasteiger partial charge in [-0.1, -0.05) is 93.6 Å². The number of ether oxygens (including phenoxy) is 2. The maximum absolute atomic E-state index is 12.1. The van der Waals surface area contributed by atoms with Crippen molar-refractivity contribution in [1.82, 2.24) is 4.90 Å². The predicted octanol–water partition coefficient (Wildman–Crippen LogP) is 4.94. The third-order valence-electron chi connectivity index (χ3n) is 6.71. The van der Waals surface area contributed by atoms with Crippen LogP contribution < -0.4 is 15.1 Å². The van der Waals surface area contributed by atoms with Crippen LogP contribution in [0.5, 0.6) is 5.75 Å². The number of amides is 1. The van der Waals surface area contributed by atoms with E-state index < -0.39 is 26.6 Å². The zero-order chi connectivity index (χ0) is 26.3. The van der Waals surface area contributed by atoms with Gasteiger partial charge in [-0.15, -0.1) is 0 Å². The summed E-state index contributed by atoms with van der Waals surface area (Å²) < 4.78 is 18.3. The van der Waals surface area contributed by atoms with Crippen LogP contribution >= 0.6 is 0 Å². The molecule has 1 N–H and O–H groups in total. The summed E-state index contributed by atoms with van der Waals surface area (Å²) in [5, 5.41) is 12.0. The van der Waals surface area contributed by atoms with Gasteiger partial charge in [0.15, 0.2) is 0 Å². The van der Waals surface area contributed by atoms with E-state index in [1.54, 1.807) is 21.3 Å². The van der Waals surface area contributed by atoms with Crippen molar-refractivity contribution in [3.8, 4) is 5.75 Å². The van der Waals surface area contributed by atoms with Gasteiger partial charge in [-0.05, 0) is 33.1 Å². The highest BCUT2D eigenvalue weighted by Gasteiger charge is 2.50. The van der Waals surface area contributed by atoms with E-state index in [4.69, 9.17) is 13.9 Å². The number of hydrogen-bond acceptors (Lipinski definition) is 4. The maximum Gasteiger partial charge on any atom is 0.407 e. The molecule has 3 aromatic carbocycles. The summed E-state index contributed by atoms with van der Waals surface area (Å²) in [5.41, 5.74) is 0.804. The Bertz CT molecular complexity index is 1060. The first-order valence-electron chi connectivity index (χ1n) is 12.0. The van der Waals surface area contributed by atoms with E-state index in [0.717, 1.165) is 15.9 Å². The third kappa shape index (κ3) is 5.64. The van der Waals surface area contributed by atoms with Crippen molar-refractivity contribution in [3.05, 3.63) is 90.5 Å². The Morgan fingerprint density at radius 2 is 1.39 bits per heavy atom. The topological polar surface area (TPSA) is 68.2 Å². The van der Waals surface area contributed by atoms with Crippen molar-refractivity contribution in [3.63, 3.8) is 0 Å². The van der Waals surface area contributed by atoms with Crippen molar-refractivity contribution in [2.45, 2.75) is 38.0 Å². The normalized spacial score (nSPS) is 13.6. The smallest absolute Gasteiger partial charge is 0.407 e. The van der Waals surface area contributed by atoms with Crippen LogP contribution in [-0.2, 0) is 9.16 Å². The van der Waals surface area contributed by atoms with E-state index in [1.165, 1.54) is 4.90 Å². The van der Waals surface area contributed by atoms with E-state index in [-0.39, 0.29) is 11.6 Å². The second kappa shape index (κ2) is 11.7. The molecule has 0 bridgehead atoms. The average Bonchev–Trinajstić information content (AvgIpc) is 2.88. The lowest BCUT2D eigenvalue weighted by molar-refractivity contribution is -0.00496. The number of nitrogens with zero attached hydrogens (tertiary/aromatic N) is 1. The first-order chi connectivity index (χ1) is 17.2. The minimum absolute atomic E-state index is 0.206. The number of likely N-dealkylation sites (N-methyl/N-ethyl adjacent to an activating group) is 1. The summed E-state index contributed by atoms with van der Waals surface area (Å²) in [5.74, 6) is 0.702. The molecule has 2 atom stereocenters. The number of methoxy groups -OCH3 is 2. The van der Waals surface area contributed by atoms with Gasteiger partial charge in [0.05, 0.1) is 19.8 Å². The Morgan fingerprint density at radius 1 is 0.889 bits per heavy atom. The van der Waals surface area contributed by atoms with Crippen molar-refractivity contribution < 1.29 is 23.8 Å². The van der Waals surface area contributed by atoms with E-state index >= 15 is 0 Å². The molecule has 0 aliphatic carbocycles. The quantitative estimate of drug-likeness (QED) is 0.394. The molecule has 3 rings (SSSR count). The largest absolute Gasteiger partial charge is 0.497 e. The van der Waals surface area contributed by atoms with Crippen LogP contribution in [0.3, 0.4) is 0 Å². The molecule has 0 saturated heterocycles. The first-order valence-corrected chi connectivity index (χ1v) is 13.9. The van der Waals surface area contributed by atoms with Crippen LogP contribution in [0.2, 0.25) is 5.04 Å². The Labute approximate surface area is 215 Å². The fourth-order valence-corrected chi connectivity index (χ4v) is 9.43. The molecule has 6 nitrogen and oxygen atoms in total. The lowest BCUT2D eigenvalue weighted by Crippen LogP contribution is -2.67. The van der Waals surface area contributed by atoms with Crippen LogP contribution in [0.15, 0.2) is 84.9 Å². The second-order valence-corrected chi connectivity index (χ2v) is 14.2. The molecule has 0 fully saturated rings. The summed E-state index contributed by atoms with van der Waals surface area (Å²) in [6.45, 7) is 6.86. The Hall–Kier alpha value is -3.13. The van der Waals surface area contributed by atoms with Gasteiger partial charge in [-0.2, -0.15) is 0 Å². The molecule has 7 heteroatoms. The molecule has 0 unspecified atom stereocenters. The van der Waals surface area contributed by atoms with E-state index in [9.17, 15) is 9.90 Å². The minimum Gasteiger partial charge on any atom is -0.497 e. The van der Waals surface area contributed by atoms with Gasteiger partial charge in [-0.25, -0.2) is 4.79 Å². The van der Waals surface area contributed by atoms with Crippen molar-refractivity contribution in [2.75, 3.05) is 27.9 Å². The van der Waals surface area contributed by atoms with E-state index in [1.807, 2.05) is 60.7 Å². The molecule has 0 aliphatic rings. The van der Waals surface area contributed by atoms with Crippen LogP contribution in [0.4, 0.5) is 4.79 Å². The predicted molar refractivity (Wildman–Crippen MR) is 146 cm³/mol. The average molecular weight is 508 g/mol. The molecule has 1 amide bonds. The summed E-state index contributed by atoms with van der Waals surface area (Å²) in [4.78, 5) is 13.4. The lowest BCUT2D eigenvalue weighted by Gasteiger charge is -2.44. The van der Waals surface area contributed by atoms with Crippen LogP contribution in [0, 0.1) is 0 Å². The van der Waals surface area contributed by atoms with Gasteiger partial charge in [0, 0.05) is 14.2 Å². The molecular weight excluding hydrogens is 470 g/mol. The van der Waals surface area contributed by atoms with Gasteiger partial charge < -0.3 is 23.9 Å². The molecule has 0 aliphatic heterocycles. The van der Waals surface area contributed by atoms with Crippen molar-refractivity contribution >= 4 is 24.8 Å². The van der Waals surface area contributed by atoms with Crippen molar-refractivity contribution in [1.29, 1.82) is 0 Å². The highest BCUT2D eigenvalue weighted by atomic mass is 28.4. The molecule has 0 radical (unpaired) electrons. The lowest BCUT2D eigenvalue weighted by atomic mass is 10.0. The van der Waals surface area contributed by atoms with Gasteiger partial charge in [0.2, 0.25) is 0 Å². The SMILES string of the molecule is COc1ccc([C@H]([C@@H](CO[Si](c2ccccc2)(c2ccccc2)C(C)(C)C)OC)N(C)C(=O)O)cc1. The Morgan fingerprint density at radius 3 is 1.78 bits per heavy atom. The van der Waals surface area contributed by atoms with Gasteiger partial charge in [-0.3, -0.25) is 0 Å². The van der Waals surface area contributed by atoms with Crippen LogP contribution in [-0.4, -0.2) is 58.4 Å². The number of carboxylic acid groups (broad SMARTS) is 1. The monoisotopic (exact) mass is 507 g/mol. The van der Waals surface area contributed by atoms with E-state index in [0.29, 0.717) is 5.75 Å². The van der Waals surface area contributed by atoms with Gasteiger partial charge >= 0.3 is 6.09 Å². The molecule has 0 heterocycles. The number of benzene rings is 3. The molecule has 0 spiro atoms. The summed E-state index contributed by atoms with van der Waals surface area (Å²) in [7, 11) is 1.95. The third-order valence-corrected chi connectivity index (χ3v) is 11.7. The minimum atomic E-state index is -2.82. The van der Waals surface area contributed by atoms with Crippen molar-refractivity contribution in [2.24, 2.45) is 0 Å². The molecular formula is C29H37NO5Si. The number of hydrogen-bond donors (Lipinski definition) is 1. The number of rotatable bonds is 10. The summed E-state index contributed by atoms with van der Waals surface area (Å²) >= 11 is 0. The standard InChI is InChI=1S/C29H37NO5Si/c1-29(2,3)36(24-13-9-7-10-14-24,25-15-11-8-12-16-25)35-21-26(34-6)27(30(4)28(31)32)22-17-19-23(33-5)20-18-22/h7-20,26-27H,21H2,1-6H3,(H,31,32)/t26-,27-/m1/s1. The fraction of sp³-hybridized carbons (Fsp3) is 0.345. The highest BCUT2D eigenvalue weighted by molar-refractivity contribution is 6.99. The van der Waals surface area contributed by atoms with E-state index in [2.05, 4.69) is 45.0 Å². The van der Waals surface area contributed by atoms with Crippen LogP contribution in [0.1, 0.15) is 32.4 Å². The Balaban J connectivity index is 2.07. The van der Waals surface area contributed by atoms with Gasteiger partial charge in [0.25, 0.3) is 8.32 Å². The molecule has 3 aromatic rings. The Kier molecular flexibility index (Phi) is 8.95. The second-order valence-electron chi connectivity index (χ2n) is 9.86. The highest BCUT2D eigenvalue weighted by Crippen LogP contribution is 2.38. The molecule has 192 valence electrons. The summed E-state index contributed by atoms with van der Waals surface area (Å²) in [6.07, 6.45) is -1.58. The molecule has 0 saturated carbocycles. The summed E-state index contributed by atoms with van der Waals surface area (Å²) in [6, 6.07) is 27.6. The maximum atomic E-state index is 12.1. The number of carbonyl (C=O) groups is 1. The fourth-order valence-electron chi connectivity index (χ4n) is 4.86. The zero-order valence-corrected chi connectivity index (χ0v) is 23.0. The first kappa shape index (κ1) is 27.5. The molecule has 36 heavy (non-hydrogen) atoms. The molecule has 0 aromatic heterocycles. The van der Waals surface area contributed by atoms with Gasteiger partial charge in [0.1, 0.15) is 11.9 Å².